The predicted octanol–water partition coefficient (Wildman–Crippen LogP) is 4.51. The largest absolute Gasteiger partial charge is 0.543 e. The van der Waals surface area contributed by atoms with Crippen molar-refractivity contribution in [2.45, 2.75) is 51.7 Å². The van der Waals surface area contributed by atoms with E-state index in [1.807, 2.05) is 24.3 Å². The van der Waals surface area contributed by atoms with Crippen molar-refractivity contribution >= 4 is 14.3 Å². The third-order valence-electron chi connectivity index (χ3n) is 4.31. The summed E-state index contributed by atoms with van der Waals surface area (Å²) in [5.41, 5.74) is 1.98. The van der Waals surface area contributed by atoms with Crippen LogP contribution in [0, 0.1) is 0 Å². The molecule has 1 aromatic carbocycles. The lowest BCUT2D eigenvalue weighted by molar-refractivity contribution is -0.139. The van der Waals surface area contributed by atoms with Gasteiger partial charge in [0.05, 0.1) is 13.5 Å². The Morgan fingerprint density at radius 2 is 1.95 bits per heavy atom. The number of allylic oxidation sites excluding steroid dienone is 1. The zero-order valence-electron chi connectivity index (χ0n) is 14.7. The molecule has 0 aliphatic rings. The molecule has 0 N–H and O–H groups in total. The molecule has 1 aromatic rings. The molecule has 0 saturated heterocycles. The Bertz CT molecular complexity index is 542. The van der Waals surface area contributed by atoms with Crippen molar-refractivity contribution in [2.75, 3.05) is 7.11 Å². The number of hydrogen-bond acceptors (Lipinski definition) is 3. The third-order valence-corrected chi connectivity index (χ3v) is 8.65. The summed E-state index contributed by atoms with van der Waals surface area (Å²) in [5, 5.41) is 0.122. The highest BCUT2D eigenvalue weighted by atomic mass is 28.4. The molecule has 0 aliphatic carbocycles. The minimum Gasteiger partial charge on any atom is -0.543 e. The first kappa shape index (κ1) is 18.5. The first-order chi connectivity index (χ1) is 10.1. The third kappa shape index (κ3) is 4.47. The van der Waals surface area contributed by atoms with Crippen LogP contribution in [0.2, 0.25) is 18.1 Å². The average molecular weight is 321 g/mol. The van der Waals surface area contributed by atoms with E-state index < -0.39 is 8.32 Å². The van der Waals surface area contributed by atoms with Gasteiger partial charge in [0.25, 0.3) is 0 Å². The molecule has 0 saturated carbocycles. The molecule has 0 spiro atoms. The maximum Gasteiger partial charge on any atom is 0.309 e. The van der Waals surface area contributed by atoms with Crippen LogP contribution < -0.4 is 4.43 Å². The van der Waals surface area contributed by atoms with Crippen molar-refractivity contribution in [1.82, 2.24) is 0 Å². The van der Waals surface area contributed by atoms with Gasteiger partial charge in [-0.25, -0.2) is 0 Å². The van der Waals surface area contributed by atoms with Crippen LogP contribution in [0.1, 0.15) is 31.9 Å². The molecule has 0 amide bonds. The molecule has 122 valence electrons. The van der Waals surface area contributed by atoms with Gasteiger partial charge in [-0.1, -0.05) is 39.0 Å². The highest BCUT2D eigenvalue weighted by molar-refractivity contribution is 6.74. The maximum absolute atomic E-state index is 11.6. The molecule has 3 nitrogen and oxygen atoms in total. The quantitative estimate of drug-likeness (QED) is 0.439. The highest BCUT2D eigenvalue weighted by Gasteiger charge is 2.39. The molecular weight excluding hydrogens is 292 g/mol. The van der Waals surface area contributed by atoms with Gasteiger partial charge >= 0.3 is 5.97 Å². The summed E-state index contributed by atoms with van der Waals surface area (Å²) in [7, 11) is -0.520. The second-order valence-corrected chi connectivity index (χ2v) is 11.7. The second kappa shape index (κ2) is 7.14. The van der Waals surface area contributed by atoms with E-state index in [1.165, 1.54) is 7.11 Å². The lowest BCUT2D eigenvalue weighted by Crippen LogP contribution is -2.44. The van der Waals surface area contributed by atoms with Gasteiger partial charge in [0, 0.05) is 5.56 Å². The molecule has 22 heavy (non-hydrogen) atoms. The van der Waals surface area contributed by atoms with Crippen LogP contribution in [0.15, 0.2) is 30.9 Å². The molecule has 0 bridgehead atoms. The van der Waals surface area contributed by atoms with Crippen LogP contribution >= 0.6 is 0 Å². The molecule has 0 atom stereocenters. The number of benzene rings is 1. The van der Waals surface area contributed by atoms with Gasteiger partial charge in [0.2, 0.25) is 8.32 Å². The highest BCUT2D eigenvalue weighted by Crippen LogP contribution is 2.38. The number of esters is 1. The smallest absolute Gasteiger partial charge is 0.309 e. The lowest BCUT2D eigenvalue weighted by atomic mass is 10.0. The average Bonchev–Trinajstić information content (AvgIpc) is 2.40. The fourth-order valence-corrected chi connectivity index (χ4v) is 2.95. The summed E-state index contributed by atoms with van der Waals surface area (Å²) in [5.74, 6) is 0.627. The maximum atomic E-state index is 11.6. The van der Waals surface area contributed by atoms with Crippen LogP contribution in [0.5, 0.6) is 5.75 Å². The molecule has 0 fully saturated rings. The summed E-state index contributed by atoms with van der Waals surface area (Å²) in [6, 6.07) is 5.88. The van der Waals surface area contributed by atoms with E-state index in [1.54, 1.807) is 0 Å². The molecule has 0 unspecified atom stereocenters. The van der Waals surface area contributed by atoms with Crippen LogP contribution in [-0.4, -0.2) is 21.4 Å². The number of ether oxygens (including phenoxy) is 1. The zero-order chi connectivity index (χ0) is 17.0. The van der Waals surface area contributed by atoms with Crippen molar-refractivity contribution in [3.8, 4) is 5.75 Å². The standard InChI is InChI=1S/C18H28O3Si/c1-8-10-15-14(13-17(19)20-5)11-9-12-16(15)21-22(6,7)18(2,3)4/h8-9,11-12H,1,10,13H2,2-7H3. The lowest BCUT2D eigenvalue weighted by Gasteiger charge is -2.37. The Kier molecular flexibility index (Phi) is 6.00. The molecule has 0 heterocycles. The molecule has 0 aromatic heterocycles. The van der Waals surface area contributed by atoms with E-state index in [2.05, 4.69) is 40.4 Å². The zero-order valence-corrected chi connectivity index (χ0v) is 15.7. The minimum atomic E-state index is -1.93. The van der Waals surface area contributed by atoms with E-state index in [4.69, 9.17) is 9.16 Å². The Labute approximate surface area is 135 Å². The van der Waals surface area contributed by atoms with Crippen molar-refractivity contribution < 1.29 is 14.0 Å². The summed E-state index contributed by atoms with van der Waals surface area (Å²) in [4.78, 5) is 11.6. The Hall–Kier alpha value is -1.55. The van der Waals surface area contributed by atoms with Crippen molar-refractivity contribution in [3.63, 3.8) is 0 Å². The first-order valence-corrected chi connectivity index (χ1v) is 10.5. The van der Waals surface area contributed by atoms with Gasteiger partial charge in [-0.2, -0.15) is 0 Å². The van der Waals surface area contributed by atoms with E-state index in [9.17, 15) is 4.79 Å². The topological polar surface area (TPSA) is 35.5 Å². The van der Waals surface area contributed by atoms with Crippen molar-refractivity contribution in [1.29, 1.82) is 0 Å². The minimum absolute atomic E-state index is 0.122. The van der Waals surface area contributed by atoms with Crippen molar-refractivity contribution in [3.05, 3.63) is 42.0 Å². The number of rotatable bonds is 6. The van der Waals surface area contributed by atoms with Gasteiger partial charge < -0.3 is 9.16 Å². The fourth-order valence-electron chi connectivity index (χ4n) is 1.90. The second-order valence-electron chi connectivity index (χ2n) is 7.00. The fraction of sp³-hybridized carbons (Fsp3) is 0.500. The molecule has 0 radical (unpaired) electrons. The van der Waals surface area contributed by atoms with Gasteiger partial charge in [0.1, 0.15) is 5.75 Å². The van der Waals surface area contributed by atoms with Crippen LogP contribution in [0.25, 0.3) is 0 Å². The monoisotopic (exact) mass is 320 g/mol. The van der Waals surface area contributed by atoms with Crippen LogP contribution in [0.3, 0.4) is 0 Å². The summed E-state index contributed by atoms with van der Waals surface area (Å²) < 4.78 is 11.2. The number of hydrogen-bond donors (Lipinski definition) is 0. The van der Waals surface area contributed by atoms with Crippen LogP contribution in [0.4, 0.5) is 0 Å². The molecular formula is C18H28O3Si. The van der Waals surface area contributed by atoms with Crippen LogP contribution in [-0.2, 0) is 22.4 Å². The van der Waals surface area contributed by atoms with Crippen molar-refractivity contribution in [2.24, 2.45) is 0 Å². The molecule has 0 aliphatic heterocycles. The van der Waals surface area contributed by atoms with Gasteiger partial charge in [-0.15, -0.1) is 6.58 Å². The van der Waals surface area contributed by atoms with E-state index in [0.717, 1.165) is 16.9 Å². The Balaban J connectivity index is 3.22. The van der Waals surface area contributed by atoms with E-state index in [-0.39, 0.29) is 17.4 Å². The normalized spacial score (nSPS) is 11.9. The number of carbonyl (C=O) groups excluding carboxylic acids is 1. The predicted molar refractivity (Wildman–Crippen MR) is 93.9 cm³/mol. The summed E-state index contributed by atoms with van der Waals surface area (Å²) in [6.45, 7) is 14.9. The summed E-state index contributed by atoms with van der Waals surface area (Å²) >= 11 is 0. The van der Waals surface area contributed by atoms with E-state index >= 15 is 0 Å². The Morgan fingerprint density at radius 3 is 2.45 bits per heavy atom. The van der Waals surface area contributed by atoms with Gasteiger partial charge in [0.15, 0.2) is 0 Å². The number of carbonyl (C=O) groups is 1. The SMILES string of the molecule is C=CCc1c(CC(=O)OC)cccc1O[Si](C)(C)C(C)(C)C. The first-order valence-electron chi connectivity index (χ1n) is 7.60. The summed E-state index contributed by atoms with van der Waals surface area (Å²) in [6.07, 6.45) is 2.78. The Morgan fingerprint density at radius 1 is 1.32 bits per heavy atom. The van der Waals surface area contributed by atoms with Gasteiger partial charge in [-0.3, -0.25) is 4.79 Å². The van der Waals surface area contributed by atoms with Gasteiger partial charge in [-0.05, 0) is 36.2 Å². The molecule has 1 rings (SSSR count). The number of methoxy groups -OCH3 is 1. The van der Waals surface area contributed by atoms with E-state index in [0.29, 0.717) is 6.42 Å². The molecule has 4 heteroatoms.